The molecular formula is C15H21N5O2. The van der Waals surface area contributed by atoms with Crippen molar-refractivity contribution in [3.05, 3.63) is 35.9 Å². The Morgan fingerprint density at radius 3 is 2.86 bits per heavy atom. The zero-order valence-corrected chi connectivity index (χ0v) is 13.1. The van der Waals surface area contributed by atoms with Crippen molar-refractivity contribution < 1.29 is 9.32 Å². The molecule has 22 heavy (non-hydrogen) atoms. The van der Waals surface area contributed by atoms with Gasteiger partial charge >= 0.3 is 0 Å². The number of carbonyl (C=O) groups excluding carboxylic acids is 1. The quantitative estimate of drug-likeness (QED) is 0.759. The normalized spacial score (nSPS) is 10.7. The number of nitrogens with zero attached hydrogens (tertiary/aromatic N) is 3. The molecule has 0 aromatic carbocycles. The monoisotopic (exact) mass is 303 g/mol. The Kier molecular flexibility index (Phi) is 5.48. The van der Waals surface area contributed by atoms with E-state index in [2.05, 4.69) is 25.7 Å². The minimum Gasteiger partial charge on any atom is -0.360 e. The molecule has 2 aromatic rings. The maximum atomic E-state index is 12.0. The molecule has 7 heteroatoms. The molecule has 2 N–H and O–H groups in total. The van der Waals surface area contributed by atoms with E-state index in [1.807, 2.05) is 21.0 Å². The summed E-state index contributed by atoms with van der Waals surface area (Å²) in [7, 11) is 4.01. The third-order valence-corrected chi connectivity index (χ3v) is 2.96. The van der Waals surface area contributed by atoms with Crippen molar-refractivity contribution in [1.82, 2.24) is 20.4 Å². The summed E-state index contributed by atoms with van der Waals surface area (Å²) in [4.78, 5) is 18.2. The molecule has 0 saturated carbocycles. The van der Waals surface area contributed by atoms with E-state index in [1.54, 1.807) is 24.4 Å². The fourth-order valence-electron chi connectivity index (χ4n) is 1.89. The largest absolute Gasteiger partial charge is 0.360 e. The smallest absolute Gasteiger partial charge is 0.269 e. The van der Waals surface area contributed by atoms with Gasteiger partial charge in [0.05, 0.1) is 0 Å². The van der Waals surface area contributed by atoms with E-state index in [1.165, 1.54) is 0 Å². The second-order valence-corrected chi connectivity index (χ2v) is 5.29. The number of rotatable bonds is 7. The van der Waals surface area contributed by atoms with Gasteiger partial charge in [-0.05, 0) is 46.1 Å². The van der Waals surface area contributed by atoms with E-state index in [0.29, 0.717) is 18.1 Å². The molecule has 0 spiro atoms. The van der Waals surface area contributed by atoms with Gasteiger partial charge in [0.1, 0.15) is 11.5 Å². The number of hydrogen-bond donors (Lipinski definition) is 2. The maximum absolute atomic E-state index is 12.0. The predicted molar refractivity (Wildman–Crippen MR) is 84.3 cm³/mol. The van der Waals surface area contributed by atoms with Gasteiger partial charge in [-0.3, -0.25) is 9.78 Å². The topological polar surface area (TPSA) is 83.3 Å². The number of amides is 1. The van der Waals surface area contributed by atoms with Crippen LogP contribution in [0.25, 0.3) is 0 Å². The van der Waals surface area contributed by atoms with Crippen LogP contribution < -0.4 is 10.6 Å². The Hall–Kier alpha value is -2.41. The molecule has 7 nitrogen and oxygen atoms in total. The first-order chi connectivity index (χ1) is 10.5. The first kappa shape index (κ1) is 16.0. The molecule has 2 heterocycles. The average molecular weight is 303 g/mol. The summed E-state index contributed by atoms with van der Waals surface area (Å²) in [6.07, 6.45) is 2.49. The number of anilines is 2. The number of carbonyl (C=O) groups is 1. The molecule has 2 aromatic heterocycles. The zero-order chi connectivity index (χ0) is 15.9. The Balaban J connectivity index is 1.91. The van der Waals surface area contributed by atoms with E-state index in [4.69, 9.17) is 4.52 Å². The Morgan fingerprint density at radius 2 is 2.18 bits per heavy atom. The maximum Gasteiger partial charge on any atom is 0.269 e. The molecule has 0 fully saturated rings. The first-order valence-corrected chi connectivity index (χ1v) is 7.14. The van der Waals surface area contributed by atoms with Gasteiger partial charge < -0.3 is 20.1 Å². The lowest BCUT2D eigenvalue weighted by atomic mass is 10.3. The zero-order valence-electron chi connectivity index (χ0n) is 13.1. The first-order valence-electron chi connectivity index (χ1n) is 7.14. The highest BCUT2D eigenvalue weighted by Gasteiger charge is 2.08. The van der Waals surface area contributed by atoms with E-state index in [-0.39, 0.29) is 5.91 Å². The molecule has 0 saturated heterocycles. The molecule has 118 valence electrons. The molecule has 0 aliphatic rings. The Morgan fingerprint density at radius 1 is 1.36 bits per heavy atom. The van der Waals surface area contributed by atoms with Crippen LogP contribution in [0.15, 0.2) is 28.9 Å². The summed E-state index contributed by atoms with van der Waals surface area (Å²) in [6, 6.07) is 5.24. The minimum absolute atomic E-state index is 0.182. The van der Waals surface area contributed by atoms with Gasteiger partial charge in [0.25, 0.3) is 5.91 Å². The van der Waals surface area contributed by atoms with Crippen LogP contribution in [-0.4, -0.2) is 48.1 Å². The molecule has 0 unspecified atom stereocenters. The summed E-state index contributed by atoms with van der Waals surface area (Å²) in [5.74, 6) is 1.13. The Labute approximate surface area is 129 Å². The van der Waals surface area contributed by atoms with Crippen LogP contribution in [0.3, 0.4) is 0 Å². The van der Waals surface area contributed by atoms with Crippen molar-refractivity contribution in [1.29, 1.82) is 0 Å². The summed E-state index contributed by atoms with van der Waals surface area (Å²) < 4.78 is 4.99. The van der Waals surface area contributed by atoms with Gasteiger partial charge in [-0.2, -0.15) is 0 Å². The van der Waals surface area contributed by atoms with Gasteiger partial charge in [-0.1, -0.05) is 5.16 Å². The number of pyridine rings is 1. The molecule has 0 aliphatic carbocycles. The highest BCUT2D eigenvalue weighted by atomic mass is 16.5. The second-order valence-electron chi connectivity index (χ2n) is 5.29. The fraction of sp³-hybridized carbons (Fsp3) is 0.400. The molecular weight excluding hydrogens is 282 g/mol. The third-order valence-electron chi connectivity index (χ3n) is 2.96. The van der Waals surface area contributed by atoms with Crippen molar-refractivity contribution in [3.63, 3.8) is 0 Å². The number of aryl methyl sites for hydroxylation is 1. The van der Waals surface area contributed by atoms with Crippen molar-refractivity contribution in [2.75, 3.05) is 32.5 Å². The van der Waals surface area contributed by atoms with Crippen LogP contribution >= 0.6 is 0 Å². The van der Waals surface area contributed by atoms with Crippen LogP contribution in [0.1, 0.15) is 22.7 Å². The summed E-state index contributed by atoms with van der Waals surface area (Å²) in [6.45, 7) is 3.37. The van der Waals surface area contributed by atoms with Gasteiger partial charge in [0.2, 0.25) is 0 Å². The van der Waals surface area contributed by atoms with E-state index < -0.39 is 0 Å². The van der Waals surface area contributed by atoms with Gasteiger partial charge in [-0.25, -0.2) is 0 Å². The number of hydrogen-bond acceptors (Lipinski definition) is 6. The SMILES string of the molecule is Cc1cc(Nc2ccnc(C(=O)NCCCN(C)C)c2)no1. The Bertz CT molecular complexity index is 624. The lowest BCUT2D eigenvalue weighted by Crippen LogP contribution is -2.27. The summed E-state index contributed by atoms with van der Waals surface area (Å²) in [5.41, 5.74) is 1.11. The van der Waals surface area contributed by atoms with Crippen molar-refractivity contribution in [2.45, 2.75) is 13.3 Å². The molecule has 0 radical (unpaired) electrons. The van der Waals surface area contributed by atoms with Crippen LogP contribution in [0.5, 0.6) is 0 Å². The van der Waals surface area contributed by atoms with E-state index in [0.717, 1.165) is 24.4 Å². The van der Waals surface area contributed by atoms with Crippen LogP contribution in [0.2, 0.25) is 0 Å². The number of nitrogens with one attached hydrogen (secondary N) is 2. The molecule has 0 aliphatic heterocycles. The van der Waals surface area contributed by atoms with Crippen molar-refractivity contribution in [2.24, 2.45) is 0 Å². The average Bonchev–Trinajstić information content (AvgIpc) is 2.88. The molecule has 1 amide bonds. The van der Waals surface area contributed by atoms with Crippen molar-refractivity contribution >= 4 is 17.4 Å². The van der Waals surface area contributed by atoms with Gasteiger partial charge in [0, 0.05) is 24.5 Å². The molecule has 0 atom stereocenters. The summed E-state index contributed by atoms with van der Waals surface area (Å²) >= 11 is 0. The number of aromatic nitrogens is 2. The third kappa shape index (κ3) is 4.85. The van der Waals surface area contributed by atoms with Crippen LogP contribution in [0.4, 0.5) is 11.5 Å². The van der Waals surface area contributed by atoms with Gasteiger partial charge in [-0.15, -0.1) is 0 Å². The molecule has 0 bridgehead atoms. The lowest BCUT2D eigenvalue weighted by molar-refractivity contribution is 0.0947. The van der Waals surface area contributed by atoms with Crippen LogP contribution in [0, 0.1) is 6.92 Å². The fourth-order valence-corrected chi connectivity index (χ4v) is 1.89. The van der Waals surface area contributed by atoms with Gasteiger partial charge in [0.15, 0.2) is 5.82 Å². The molecule has 2 rings (SSSR count). The predicted octanol–water partition coefficient (Wildman–Crippen LogP) is 1.80. The van der Waals surface area contributed by atoms with Crippen LogP contribution in [-0.2, 0) is 0 Å². The highest BCUT2D eigenvalue weighted by Crippen LogP contribution is 2.16. The minimum atomic E-state index is -0.182. The highest BCUT2D eigenvalue weighted by molar-refractivity contribution is 5.93. The summed E-state index contributed by atoms with van der Waals surface area (Å²) in [5, 5.41) is 9.78. The van der Waals surface area contributed by atoms with Crippen molar-refractivity contribution in [3.8, 4) is 0 Å². The van der Waals surface area contributed by atoms with E-state index in [9.17, 15) is 4.79 Å². The van der Waals surface area contributed by atoms with E-state index >= 15 is 0 Å². The lowest BCUT2D eigenvalue weighted by Gasteiger charge is -2.10. The standard InChI is InChI=1S/C15H21N5O2/c1-11-9-14(19-22-11)18-12-5-7-16-13(10-12)15(21)17-6-4-8-20(2)3/h5,7,9-10H,4,6,8H2,1-3H3,(H,17,21)(H,16,18,19). The second kappa shape index (κ2) is 7.56.